The van der Waals surface area contributed by atoms with Crippen LogP contribution in [0.3, 0.4) is 0 Å². The number of nitrogens with zero attached hydrogens (tertiary/aromatic N) is 1. The lowest BCUT2D eigenvalue weighted by Gasteiger charge is -2.21. The van der Waals surface area contributed by atoms with Gasteiger partial charge in [0.25, 0.3) is 0 Å². The Hall–Kier alpha value is -4.14. The minimum atomic E-state index is -1.03. The average Bonchev–Trinajstić information content (AvgIpc) is 3.42. The van der Waals surface area contributed by atoms with E-state index in [1.807, 2.05) is 36.4 Å². The van der Waals surface area contributed by atoms with Crippen molar-refractivity contribution in [3.8, 4) is 11.1 Å². The van der Waals surface area contributed by atoms with Crippen molar-refractivity contribution in [3.05, 3.63) is 77.9 Å². The van der Waals surface area contributed by atoms with E-state index in [0.29, 0.717) is 5.69 Å². The van der Waals surface area contributed by atoms with E-state index in [1.54, 1.807) is 13.1 Å². The molecule has 9 heteroatoms. The van der Waals surface area contributed by atoms with E-state index >= 15 is 0 Å². The normalized spacial score (nSPS) is 13.9. The Kier molecular flexibility index (Phi) is 6.91. The van der Waals surface area contributed by atoms with Crippen molar-refractivity contribution in [2.24, 2.45) is 0 Å². The van der Waals surface area contributed by atoms with E-state index in [9.17, 15) is 14.4 Å². The van der Waals surface area contributed by atoms with Crippen molar-refractivity contribution in [3.63, 3.8) is 0 Å². The van der Waals surface area contributed by atoms with Crippen molar-refractivity contribution >= 4 is 18.0 Å². The van der Waals surface area contributed by atoms with Crippen LogP contribution in [0.15, 0.2) is 61.1 Å². The molecule has 1 aliphatic rings. The Morgan fingerprint density at radius 2 is 1.71 bits per heavy atom. The SMILES string of the molecule is CC(CC(=O)O)NC(=O)[C@@H](Cc1cnc[nH]1)NC(=O)OCC1c2ccccc2-c2ccccc21. The van der Waals surface area contributed by atoms with Crippen LogP contribution in [0.5, 0.6) is 0 Å². The third-order valence-corrected chi connectivity index (χ3v) is 5.80. The maximum Gasteiger partial charge on any atom is 0.407 e. The largest absolute Gasteiger partial charge is 0.481 e. The number of ether oxygens (including phenoxy) is 1. The molecule has 1 heterocycles. The van der Waals surface area contributed by atoms with Crippen LogP contribution in [0.25, 0.3) is 11.1 Å². The highest BCUT2D eigenvalue weighted by Gasteiger charge is 2.30. The molecule has 0 radical (unpaired) electrons. The molecule has 176 valence electrons. The minimum Gasteiger partial charge on any atom is -0.481 e. The number of aromatic nitrogens is 2. The highest BCUT2D eigenvalue weighted by molar-refractivity contribution is 5.86. The van der Waals surface area contributed by atoms with E-state index in [4.69, 9.17) is 9.84 Å². The van der Waals surface area contributed by atoms with Crippen LogP contribution in [-0.4, -0.2) is 51.7 Å². The summed E-state index contributed by atoms with van der Waals surface area (Å²) in [7, 11) is 0. The van der Waals surface area contributed by atoms with Gasteiger partial charge < -0.3 is 25.5 Å². The molecule has 0 spiro atoms. The number of carboxylic acid groups (broad SMARTS) is 1. The van der Waals surface area contributed by atoms with Crippen LogP contribution in [0, 0.1) is 0 Å². The Balaban J connectivity index is 1.43. The zero-order valence-corrected chi connectivity index (χ0v) is 18.7. The summed E-state index contributed by atoms with van der Waals surface area (Å²) in [4.78, 5) is 43.2. The number of nitrogens with one attached hydrogen (secondary N) is 3. The second kappa shape index (κ2) is 10.2. The summed E-state index contributed by atoms with van der Waals surface area (Å²) in [6.07, 6.45) is 2.22. The van der Waals surface area contributed by atoms with Crippen LogP contribution < -0.4 is 10.6 Å². The Labute approximate surface area is 196 Å². The van der Waals surface area contributed by atoms with Gasteiger partial charge in [-0.25, -0.2) is 9.78 Å². The lowest BCUT2D eigenvalue weighted by atomic mass is 9.98. The smallest absolute Gasteiger partial charge is 0.407 e. The van der Waals surface area contributed by atoms with Crippen LogP contribution in [0.1, 0.15) is 36.1 Å². The number of hydrogen-bond acceptors (Lipinski definition) is 5. The predicted octanol–water partition coefficient (Wildman–Crippen LogP) is 2.84. The number of amides is 2. The van der Waals surface area contributed by atoms with E-state index in [1.165, 1.54) is 6.33 Å². The highest BCUT2D eigenvalue weighted by Crippen LogP contribution is 2.44. The summed E-state index contributed by atoms with van der Waals surface area (Å²) in [5, 5.41) is 14.2. The zero-order valence-electron chi connectivity index (χ0n) is 18.7. The van der Waals surface area contributed by atoms with E-state index in [0.717, 1.165) is 22.3 Å². The van der Waals surface area contributed by atoms with E-state index in [2.05, 4.69) is 32.7 Å². The van der Waals surface area contributed by atoms with E-state index in [-0.39, 0.29) is 25.4 Å². The molecule has 4 rings (SSSR count). The Bertz CT molecular complexity index is 1130. The van der Waals surface area contributed by atoms with Gasteiger partial charge in [0.15, 0.2) is 0 Å². The number of alkyl carbamates (subject to hydrolysis) is 1. The molecule has 1 aromatic heterocycles. The first-order valence-corrected chi connectivity index (χ1v) is 11.0. The molecule has 0 aliphatic heterocycles. The van der Waals surface area contributed by atoms with Crippen LogP contribution in [0.2, 0.25) is 0 Å². The predicted molar refractivity (Wildman–Crippen MR) is 124 cm³/mol. The molecule has 3 aromatic rings. The zero-order chi connectivity index (χ0) is 24.1. The standard InChI is InChI=1S/C25H26N4O5/c1-15(10-23(30)31)28-24(32)22(11-16-12-26-14-27-16)29-25(33)34-13-21-19-8-4-2-6-17(19)18-7-3-5-9-20(18)21/h2-9,12,14-15,21-22H,10-11,13H2,1H3,(H,26,27)(H,28,32)(H,29,33)(H,30,31)/t15?,22-/m1/s1. The number of benzene rings is 2. The maximum atomic E-state index is 12.8. The molecular formula is C25H26N4O5. The number of imidazole rings is 1. The molecule has 0 bridgehead atoms. The molecule has 0 saturated heterocycles. The number of fused-ring (bicyclic) bond motifs is 3. The molecule has 0 saturated carbocycles. The summed E-state index contributed by atoms with van der Waals surface area (Å²) < 4.78 is 5.56. The number of rotatable bonds is 9. The van der Waals surface area contributed by atoms with Gasteiger partial charge in [0.1, 0.15) is 12.6 Å². The van der Waals surface area contributed by atoms with Crippen LogP contribution in [0.4, 0.5) is 4.79 Å². The second-order valence-electron chi connectivity index (χ2n) is 8.31. The average molecular weight is 463 g/mol. The fourth-order valence-electron chi connectivity index (χ4n) is 4.26. The molecule has 2 amide bonds. The van der Waals surface area contributed by atoms with Gasteiger partial charge >= 0.3 is 12.1 Å². The third-order valence-electron chi connectivity index (χ3n) is 5.80. The van der Waals surface area contributed by atoms with Gasteiger partial charge in [-0.3, -0.25) is 9.59 Å². The monoisotopic (exact) mass is 462 g/mol. The number of hydrogen-bond donors (Lipinski definition) is 4. The van der Waals surface area contributed by atoms with Crippen molar-refractivity contribution < 1.29 is 24.2 Å². The van der Waals surface area contributed by atoms with Gasteiger partial charge in [-0.05, 0) is 29.2 Å². The number of carbonyl (C=O) groups is 3. The minimum absolute atomic E-state index is 0.103. The van der Waals surface area contributed by atoms with E-state index < -0.39 is 30.1 Å². The summed E-state index contributed by atoms with van der Waals surface area (Å²) in [5.74, 6) is -1.63. The van der Waals surface area contributed by atoms with Crippen LogP contribution in [-0.2, 0) is 20.7 Å². The molecule has 2 atom stereocenters. The Morgan fingerprint density at radius 1 is 1.06 bits per heavy atom. The molecular weight excluding hydrogens is 436 g/mol. The lowest BCUT2D eigenvalue weighted by molar-refractivity contribution is -0.137. The molecule has 1 unspecified atom stereocenters. The van der Waals surface area contributed by atoms with Crippen molar-refractivity contribution in [1.29, 1.82) is 0 Å². The number of aromatic amines is 1. The molecule has 9 nitrogen and oxygen atoms in total. The number of carboxylic acids is 1. The first kappa shape index (κ1) is 23.0. The summed E-state index contributed by atoms with van der Waals surface area (Å²) in [6, 6.07) is 14.5. The molecule has 2 aromatic carbocycles. The Morgan fingerprint density at radius 3 is 2.29 bits per heavy atom. The number of H-pyrrole nitrogens is 1. The van der Waals surface area contributed by atoms with Gasteiger partial charge in [-0.15, -0.1) is 0 Å². The molecule has 34 heavy (non-hydrogen) atoms. The van der Waals surface area contributed by atoms with Gasteiger partial charge in [0, 0.05) is 30.3 Å². The van der Waals surface area contributed by atoms with Crippen molar-refractivity contribution in [2.75, 3.05) is 6.61 Å². The highest BCUT2D eigenvalue weighted by atomic mass is 16.5. The molecule has 0 fully saturated rings. The second-order valence-corrected chi connectivity index (χ2v) is 8.31. The van der Waals surface area contributed by atoms with Crippen LogP contribution >= 0.6 is 0 Å². The maximum absolute atomic E-state index is 12.8. The fourth-order valence-corrected chi connectivity index (χ4v) is 4.26. The molecule has 4 N–H and O–H groups in total. The number of aliphatic carboxylic acids is 1. The topological polar surface area (TPSA) is 133 Å². The lowest BCUT2D eigenvalue weighted by Crippen LogP contribution is -2.50. The third kappa shape index (κ3) is 5.25. The summed E-state index contributed by atoms with van der Waals surface area (Å²) in [5.41, 5.74) is 5.06. The van der Waals surface area contributed by atoms with Crippen molar-refractivity contribution in [2.45, 2.75) is 37.8 Å². The fraction of sp³-hybridized carbons (Fsp3) is 0.280. The first-order chi connectivity index (χ1) is 16.4. The van der Waals surface area contributed by atoms with Crippen molar-refractivity contribution in [1.82, 2.24) is 20.6 Å². The first-order valence-electron chi connectivity index (χ1n) is 11.0. The number of carbonyl (C=O) groups excluding carboxylic acids is 2. The molecule has 1 aliphatic carbocycles. The summed E-state index contributed by atoms with van der Waals surface area (Å²) in [6.45, 7) is 1.71. The van der Waals surface area contributed by atoms with Gasteiger partial charge in [-0.2, -0.15) is 0 Å². The van der Waals surface area contributed by atoms with Gasteiger partial charge in [0.05, 0.1) is 12.7 Å². The quantitative estimate of drug-likeness (QED) is 0.386. The van der Waals surface area contributed by atoms with Gasteiger partial charge in [0.2, 0.25) is 5.91 Å². The van der Waals surface area contributed by atoms with Gasteiger partial charge in [-0.1, -0.05) is 48.5 Å². The summed E-state index contributed by atoms with van der Waals surface area (Å²) >= 11 is 0.